The van der Waals surface area contributed by atoms with Crippen LogP contribution >= 0.6 is 23.2 Å². The van der Waals surface area contributed by atoms with Crippen molar-refractivity contribution in [3.8, 4) is 0 Å². The third-order valence-corrected chi connectivity index (χ3v) is 3.48. The summed E-state index contributed by atoms with van der Waals surface area (Å²) in [7, 11) is 1.76. The molecule has 0 bridgehead atoms. The third kappa shape index (κ3) is 3.79. The SMILES string of the molecule is CC[C@H](C)N(C)C(=O)Nc1ccc(Cl)c(Cl)c1. The van der Waals surface area contributed by atoms with Crippen molar-refractivity contribution in [2.45, 2.75) is 26.3 Å². The molecule has 0 saturated heterocycles. The van der Waals surface area contributed by atoms with Gasteiger partial charge in [0.2, 0.25) is 0 Å². The first kappa shape index (κ1) is 14.1. The van der Waals surface area contributed by atoms with E-state index in [0.29, 0.717) is 15.7 Å². The zero-order valence-electron chi connectivity index (χ0n) is 10.1. The van der Waals surface area contributed by atoms with Crippen LogP contribution < -0.4 is 5.32 Å². The van der Waals surface area contributed by atoms with Crippen LogP contribution in [0.5, 0.6) is 0 Å². The second-order valence-electron chi connectivity index (χ2n) is 3.93. The fraction of sp³-hybridized carbons (Fsp3) is 0.417. The van der Waals surface area contributed by atoms with Crippen LogP contribution in [-0.4, -0.2) is 24.0 Å². The van der Waals surface area contributed by atoms with Crippen LogP contribution in [0.3, 0.4) is 0 Å². The van der Waals surface area contributed by atoms with E-state index >= 15 is 0 Å². The van der Waals surface area contributed by atoms with Gasteiger partial charge in [-0.1, -0.05) is 30.1 Å². The molecule has 0 fully saturated rings. The summed E-state index contributed by atoms with van der Waals surface area (Å²) in [5.74, 6) is 0. The monoisotopic (exact) mass is 274 g/mol. The van der Waals surface area contributed by atoms with E-state index in [9.17, 15) is 4.79 Å². The quantitative estimate of drug-likeness (QED) is 0.878. The molecule has 1 rings (SSSR count). The standard InChI is InChI=1S/C12H16Cl2N2O/c1-4-8(2)16(3)12(17)15-9-5-6-10(13)11(14)7-9/h5-8H,4H2,1-3H3,(H,15,17)/t8-/m0/s1. The van der Waals surface area contributed by atoms with Crippen molar-refractivity contribution < 1.29 is 4.79 Å². The minimum atomic E-state index is -0.155. The molecule has 0 aliphatic carbocycles. The topological polar surface area (TPSA) is 32.3 Å². The first-order valence-corrected chi connectivity index (χ1v) is 6.20. The summed E-state index contributed by atoms with van der Waals surface area (Å²) in [6.45, 7) is 4.03. The van der Waals surface area contributed by atoms with E-state index in [-0.39, 0.29) is 12.1 Å². The van der Waals surface area contributed by atoms with Crippen LogP contribution in [0.15, 0.2) is 18.2 Å². The fourth-order valence-corrected chi connectivity index (χ4v) is 1.56. The molecular formula is C12H16Cl2N2O. The van der Waals surface area contributed by atoms with Crippen molar-refractivity contribution in [2.24, 2.45) is 0 Å². The zero-order valence-corrected chi connectivity index (χ0v) is 11.6. The number of carbonyl (C=O) groups excluding carboxylic acids is 1. The van der Waals surface area contributed by atoms with Gasteiger partial charge in [0, 0.05) is 18.8 Å². The largest absolute Gasteiger partial charge is 0.325 e. The van der Waals surface area contributed by atoms with Gasteiger partial charge in [0.05, 0.1) is 10.0 Å². The lowest BCUT2D eigenvalue weighted by Crippen LogP contribution is -2.37. The van der Waals surface area contributed by atoms with Crippen molar-refractivity contribution in [3.63, 3.8) is 0 Å². The molecule has 0 saturated carbocycles. The summed E-state index contributed by atoms with van der Waals surface area (Å²) in [6.07, 6.45) is 0.908. The van der Waals surface area contributed by atoms with E-state index in [1.165, 1.54) is 0 Å². The molecule has 0 aromatic heterocycles. The van der Waals surface area contributed by atoms with Gasteiger partial charge in [-0.25, -0.2) is 4.79 Å². The molecule has 1 aromatic rings. The van der Waals surface area contributed by atoms with E-state index in [1.807, 2.05) is 13.8 Å². The van der Waals surface area contributed by atoms with Crippen molar-refractivity contribution in [3.05, 3.63) is 28.2 Å². The van der Waals surface area contributed by atoms with Gasteiger partial charge in [0.15, 0.2) is 0 Å². The predicted octanol–water partition coefficient (Wildman–Crippen LogP) is 4.26. The van der Waals surface area contributed by atoms with Crippen LogP contribution in [0.25, 0.3) is 0 Å². The maximum atomic E-state index is 11.8. The summed E-state index contributed by atoms with van der Waals surface area (Å²) < 4.78 is 0. The van der Waals surface area contributed by atoms with Crippen LogP contribution in [-0.2, 0) is 0 Å². The average molecular weight is 275 g/mol. The van der Waals surface area contributed by atoms with Gasteiger partial charge >= 0.3 is 6.03 Å². The Bertz CT molecular complexity index is 409. The Morgan fingerprint density at radius 1 is 1.41 bits per heavy atom. The maximum absolute atomic E-state index is 11.8. The first-order valence-electron chi connectivity index (χ1n) is 5.44. The van der Waals surface area contributed by atoms with Crippen molar-refractivity contribution in [2.75, 3.05) is 12.4 Å². The minimum absolute atomic E-state index is 0.155. The molecule has 1 aromatic carbocycles. The van der Waals surface area contributed by atoms with Crippen LogP contribution in [0.4, 0.5) is 10.5 Å². The van der Waals surface area contributed by atoms with Crippen LogP contribution in [0.2, 0.25) is 10.0 Å². The molecule has 2 amide bonds. The van der Waals surface area contributed by atoms with Gasteiger partial charge in [0.25, 0.3) is 0 Å². The Labute approximate surface area is 112 Å². The molecule has 0 radical (unpaired) electrons. The Morgan fingerprint density at radius 2 is 2.06 bits per heavy atom. The van der Waals surface area contributed by atoms with Gasteiger partial charge in [-0.15, -0.1) is 0 Å². The maximum Gasteiger partial charge on any atom is 0.321 e. The number of benzene rings is 1. The molecule has 5 heteroatoms. The third-order valence-electron chi connectivity index (χ3n) is 2.74. The fourth-order valence-electron chi connectivity index (χ4n) is 1.26. The van der Waals surface area contributed by atoms with Gasteiger partial charge in [0.1, 0.15) is 0 Å². The number of halogens is 2. The highest BCUT2D eigenvalue weighted by molar-refractivity contribution is 6.42. The molecule has 3 nitrogen and oxygen atoms in total. The lowest BCUT2D eigenvalue weighted by atomic mass is 10.2. The molecule has 0 unspecified atom stereocenters. The number of hydrogen-bond acceptors (Lipinski definition) is 1. The highest BCUT2D eigenvalue weighted by Gasteiger charge is 2.14. The first-order chi connectivity index (χ1) is 7.95. The van der Waals surface area contributed by atoms with E-state index in [0.717, 1.165) is 6.42 Å². The predicted molar refractivity (Wildman–Crippen MR) is 73.0 cm³/mol. The molecule has 0 aliphatic heterocycles. The van der Waals surface area contributed by atoms with E-state index < -0.39 is 0 Å². The number of nitrogens with one attached hydrogen (secondary N) is 1. The van der Waals surface area contributed by atoms with Gasteiger partial charge in [-0.05, 0) is 31.5 Å². The molecular weight excluding hydrogens is 259 g/mol. The van der Waals surface area contributed by atoms with Gasteiger partial charge < -0.3 is 10.2 Å². The zero-order chi connectivity index (χ0) is 13.0. The molecule has 17 heavy (non-hydrogen) atoms. The number of carbonyl (C=O) groups is 1. The van der Waals surface area contributed by atoms with Crippen molar-refractivity contribution in [1.29, 1.82) is 0 Å². The molecule has 0 heterocycles. The summed E-state index contributed by atoms with van der Waals surface area (Å²) >= 11 is 11.7. The Hall–Kier alpha value is -0.930. The van der Waals surface area contributed by atoms with Crippen LogP contribution in [0.1, 0.15) is 20.3 Å². The summed E-state index contributed by atoms with van der Waals surface area (Å²) in [5, 5.41) is 3.67. The normalized spacial score (nSPS) is 12.1. The van der Waals surface area contributed by atoms with E-state index in [1.54, 1.807) is 30.1 Å². The summed E-state index contributed by atoms with van der Waals surface area (Å²) in [4.78, 5) is 13.5. The summed E-state index contributed by atoms with van der Waals surface area (Å²) in [6, 6.07) is 5.04. The molecule has 1 N–H and O–H groups in total. The molecule has 0 spiro atoms. The number of urea groups is 1. The highest BCUT2D eigenvalue weighted by Crippen LogP contribution is 2.25. The number of amides is 2. The Morgan fingerprint density at radius 3 is 2.59 bits per heavy atom. The number of rotatable bonds is 3. The van der Waals surface area contributed by atoms with E-state index in [4.69, 9.17) is 23.2 Å². The smallest absolute Gasteiger partial charge is 0.321 e. The molecule has 94 valence electrons. The summed E-state index contributed by atoms with van der Waals surface area (Å²) in [5.41, 5.74) is 0.638. The van der Waals surface area contributed by atoms with Crippen molar-refractivity contribution in [1.82, 2.24) is 4.90 Å². The van der Waals surface area contributed by atoms with Gasteiger partial charge in [-0.3, -0.25) is 0 Å². The average Bonchev–Trinajstić information content (AvgIpc) is 2.31. The number of hydrogen-bond donors (Lipinski definition) is 1. The second-order valence-corrected chi connectivity index (χ2v) is 4.74. The lowest BCUT2D eigenvalue weighted by Gasteiger charge is -2.24. The minimum Gasteiger partial charge on any atom is -0.325 e. The van der Waals surface area contributed by atoms with Crippen molar-refractivity contribution >= 4 is 34.9 Å². The highest BCUT2D eigenvalue weighted by atomic mass is 35.5. The molecule has 0 aliphatic rings. The van der Waals surface area contributed by atoms with Crippen LogP contribution in [0, 0.1) is 0 Å². The Kier molecular flexibility index (Phi) is 5.09. The second kappa shape index (κ2) is 6.12. The Balaban J connectivity index is 2.71. The molecule has 1 atom stereocenters. The number of anilines is 1. The number of nitrogens with zero attached hydrogens (tertiary/aromatic N) is 1. The lowest BCUT2D eigenvalue weighted by molar-refractivity contribution is 0.206. The van der Waals surface area contributed by atoms with E-state index in [2.05, 4.69) is 5.32 Å². The van der Waals surface area contributed by atoms with Gasteiger partial charge in [-0.2, -0.15) is 0 Å².